The first-order valence-electron chi connectivity index (χ1n) is 4.68. The van der Waals surface area contributed by atoms with Gasteiger partial charge >= 0.3 is 5.97 Å². The lowest BCUT2D eigenvalue weighted by Crippen LogP contribution is -1.98. The predicted molar refractivity (Wildman–Crippen MR) is 57.9 cm³/mol. The van der Waals surface area contributed by atoms with Crippen LogP contribution in [0.15, 0.2) is 18.2 Å². The van der Waals surface area contributed by atoms with Gasteiger partial charge in [-0.15, -0.1) is 11.0 Å². The molecule has 1 N–H and O–H groups in total. The Morgan fingerprint density at radius 3 is 3.06 bits per heavy atom. The maximum absolute atomic E-state index is 10.7. The Kier molecular flexibility index (Phi) is 2.56. The first-order chi connectivity index (χ1) is 7.72. The van der Waals surface area contributed by atoms with Crippen LogP contribution < -0.4 is 0 Å². The lowest BCUT2D eigenvalue weighted by Gasteiger charge is -1.96. The zero-order chi connectivity index (χ0) is 11.5. The summed E-state index contributed by atoms with van der Waals surface area (Å²) in [4.78, 5) is 10.7. The van der Waals surface area contributed by atoms with Gasteiger partial charge in [0.15, 0.2) is 0 Å². The molecule has 16 heavy (non-hydrogen) atoms. The van der Waals surface area contributed by atoms with Crippen LogP contribution >= 0.6 is 0 Å². The Balaban J connectivity index is 2.48. The van der Waals surface area contributed by atoms with Gasteiger partial charge in [0, 0.05) is 0 Å². The minimum atomic E-state index is -0.968. The lowest BCUT2D eigenvalue weighted by molar-refractivity contribution is 0.0697. The average molecular weight is 215 g/mol. The highest BCUT2D eigenvalue weighted by Crippen LogP contribution is 2.13. The van der Waals surface area contributed by atoms with Crippen LogP contribution in [0.5, 0.6) is 0 Å². The fourth-order valence-corrected chi connectivity index (χ4v) is 1.38. The summed E-state index contributed by atoms with van der Waals surface area (Å²) >= 11 is 0. The van der Waals surface area contributed by atoms with E-state index >= 15 is 0 Å². The van der Waals surface area contributed by atoms with Crippen molar-refractivity contribution in [1.82, 2.24) is 15.0 Å². The molecule has 0 bridgehead atoms. The molecule has 0 atom stereocenters. The molecule has 0 aliphatic heterocycles. The van der Waals surface area contributed by atoms with E-state index in [0.29, 0.717) is 12.1 Å². The van der Waals surface area contributed by atoms with Crippen molar-refractivity contribution in [3.05, 3.63) is 23.8 Å². The van der Waals surface area contributed by atoms with E-state index in [1.807, 2.05) is 0 Å². The molecule has 5 nitrogen and oxygen atoms in total. The van der Waals surface area contributed by atoms with Crippen molar-refractivity contribution >= 4 is 17.0 Å². The number of carboxylic acid groups (broad SMARTS) is 1. The maximum atomic E-state index is 10.7. The van der Waals surface area contributed by atoms with Crippen LogP contribution in [0.25, 0.3) is 11.0 Å². The molecule has 0 saturated heterocycles. The van der Waals surface area contributed by atoms with E-state index in [9.17, 15) is 4.79 Å². The molecule has 2 aromatic rings. The first kappa shape index (κ1) is 10.2. The first-order valence-corrected chi connectivity index (χ1v) is 4.68. The summed E-state index contributed by atoms with van der Waals surface area (Å²) in [7, 11) is 0. The van der Waals surface area contributed by atoms with E-state index in [0.717, 1.165) is 5.52 Å². The van der Waals surface area contributed by atoms with Gasteiger partial charge in [-0.3, -0.25) is 0 Å². The molecule has 0 unspecified atom stereocenters. The molecule has 80 valence electrons. The summed E-state index contributed by atoms with van der Waals surface area (Å²) in [5.41, 5.74) is 1.56. The Labute approximate surface area is 91.7 Å². The Hall–Kier alpha value is -2.35. The van der Waals surface area contributed by atoms with Crippen LogP contribution in [0.2, 0.25) is 0 Å². The molecule has 0 amide bonds. The normalized spacial score (nSPS) is 9.81. The number of benzene rings is 1. The molecule has 1 aromatic heterocycles. The van der Waals surface area contributed by atoms with Gasteiger partial charge in [-0.25, -0.2) is 9.48 Å². The standard InChI is InChI=1S/C11H9N3O2/c1-2-3-6-14-10-5-4-8(11(15)16)7-9(10)12-13-14/h4-5,7H,6H2,1H3,(H,15,16). The van der Waals surface area contributed by atoms with Gasteiger partial charge in [0.2, 0.25) is 0 Å². The van der Waals surface area contributed by atoms with Gasteiger partial charge in [0.05, 0.1) is 11.1 Å². The highest BCUT2D eigenvalue weighted by atomic mass is 16.4. The van der Waals surface area contributed by atoms with Crippen molar-refractivity contribution in [2.45, 2.75) is 13.5 Å². The van der Waals surface area contributed by atoms with Gasteiger partial charge in [0.1, 0.15) is 12.1 Å². The number of hydrogen-bond acceptors (Lipinski definition) is 3. The number of rotatable bonds is 2. The molecular formula is C11H9N3O2. The van der Waals surface area contributed by atoms with Crippen molar-refractivity contribution in [3.63, 3.8) is 0 Å². The van der Waals surface area contributed by atoms with Crippen LogP contribution in [0.4, 0.5) is 0 Å². The second-order valence-corrected chi connectivity index (χ2v) is 3.18. The molecule has 1 aromatic carbocycles. The lowest BCUT2D eigenvalue weighted by atomic mass is 10.2. The third kappa shape index (κ3) is 1.73. The van der Waals surface area contributed by atoms with Gasteiger partial charge in [-0.05, 0) is 25.1 Å². The van der Waals surface area contributed by atoms with E-state index in [1.54, 1.807) is 17.7 Å². The van der Waals surface area contributed by atoms with Gasteiger partial charge in [0.25, 0.3) is 0 Å². The summed E-state index contributed by atoms with van der Waals surface area (Å²) < 4.78 is 1.64. The van der Waals surface area contributed by atoms with E-state index in [4.69, 9.17) is 5.11 Å². The van der Waals surface area contributed by atoms with Crippen LogP contribution in [-0.2, 0) is 6.54 Å². The zero-order valence-corrected chi connectivity index (χ0v) is 8.64. The summed E-state index contributed by atoms with van der Waals surface area (Å²) in [6, 6.07) is 4.72. The molecule has 0 fully saturated rings. The number of hydrogen-bond donors (Lipinski definition) is 1. The van der Waals surface area contributed by atoms with Crippen LogP contribution in [0.3, 0.4) is 0 Å². The second kappa shape index (κ2) is 4.03. The second-order valence-electron chi connectivity index (χ2n) is 3.18. The number of fused-ring (bicyclic) bond motifs is 1. The van der Waals surface area contributed by atoms with Crippen molar-refractivity contribution in [1.29, 1.82) is 0 Å². The molecule has 1 heterocycles. The fourth-order valence-electron chi connectivity index (χ4n) is 1.38. The molecule has 0 aliphatic carbocycles. The van der Waals surface area contributed by atoms with E-state index in [1.165, 1.54) is 12.1 Å². The summed E-state index contributed by atoms with van der Waals surface area (Å²) in [5.74, 6) is 4.67. The molecule has 0 spiro atoms. The van der Waals surface area contributed by atoms with E-state index in [2.05, 4.69) is 22.2 Å². The smallest absolute Gasteiger partial charge is 0.335 e. The largest absolute Gasteiger partial charge is 0.478 e. The molecule has 0 radical (unpaired) electrons. The van der Waals surface area contributed by atoms with Crippen LogP contribution in [0.1, 0.15) is 17.3 Å². The Bertz CT molecular complexity index is 604. The van der Waals surface area contributed by atoms with Crippen LogP contribution in [0, 0.1) is 11.8 Å². The maximum Gasteiger partial charge on any atom is 0.335 e. The SMILES string of the molecule is CC#CCn1nnc2cc(C(=O)O)ccc21. The van der Waals surface area contributed by atoms with Gasteiger partial charge < -0.3 is 5.11 Å². The Morgan fingerprint density at radius 2 is 2.38 bits per heavy atom. The topological polar surface area (TPSA) is 68.0 Å². The van der Waals surface area contributed by atoms with Crippen molar-refractivity contribution in [3.8, 4) is 11.8 Å². The van der Waals surface area contributed by atoms with Gasteiger partial charge in [-0.1, -0.05) is 11.1 Å². The summed E-state index contributed by atoms with van der Waals surface area (Å²) in [6.45, 7) is 2.21. The van der Waals surface area contributed by atoms with Crippen molar-refractivity contribution < 1.29 is 9.90 Å². The highest BCUT2D eigenvalue weighted by molar-refractivity contribution is 5.92. The molecule has 0 aliphatic rings. The minimum Gasteiger partial charge on any atom is -0.478 e. The quantitative estimate of drug-likeness (QED) is 0.763. The number of carboxylic acids is 1. The number of aromatic carboxylic acids is 1. The van der Waals surface area contributed by atoms with Gasteiger partial charge in [-0.2, -0.15) is 0 Å². The van der Waals surface area contributed by atoms with Crippen LogP contribution in [-0.4, -0.2) is 26.1 Å². The minimum absolute atomic E-state index is 0.209. The highest BCUT2D eigenvalue weighted by Gasteiger charge is 2.07. The fraction of sp³-hybridized carbons (Fsp3) is 0.182. The summed E-state index contributed by atoms with van der Waals surface area (Å²) in [5, 5.41) is 16.6. The zero-order valence-electron chi connectivity index (χ0n) is 8.64. The van der Waals surface area contributed by atoms with E-state index < -0.39 is 5.97 Å². The molecule has 5 heteroatoms. The predicted octanol–water partition coefficient (Wildman–Crippen LogP) is 1.15. The van der Waals surface area contributed by atoms with Crippen molar-refractivity contribution in [2.24, 2.45) is 0 Å². The molecule has 2 rings (SSSR count). The third-order valence-electron chi connectivity index (χ3n) is 2.17. The number of carbonyl (C=O) groups is 1. The third-order valence-corrected chi connectivity index (χ3v) is 2.17. The average Bonchev–Trinajstić information content (AvgIpc) is 2.68. The number of nitrogens with zero attached hydrogens (tertiary/aromatic N) is 3. The van der Waals surface area contributed by atoms with E-state index in [-0.39, 0.29) is 5.56 Å². The molecule has 0 saturated carbocycles. The van der Waals surface area contributed by atoms with Crippen molar-refractivity contribution in [2.75, 3.05) is 0 Å². The monoisotopic (exact) mass is 215 g/mol. The summed E-state index contributed by atoms with van der Waals surface area (Å²) in [6.07, 6.45) is 0. The Morgan fingerprint density at radius 1 is 1.56 bits per heavy atom. The number of aromatic nitrogens is 3. The molecular weight excluding hydrogens is 206 g/mol.